The number of benzene rings is 2. The molecule has 3 heteroatoms. The number of aryl methyl sites for hydroxylation is 1. The van der Waals surface area contributed by atoms with Crippen molar-refractivity contribution in [2.45, 2.75) is 19.8 Å². The third-order valence-electron chi connectivity index (χ3n) is 3.42. The fourth-order valence-corrected chi connectivity index (χ4v) is 2.46. The minimum absolute atomic E-state index is 0.00864. The second kappa shape index (κ2) is 6.87. The molecule has 2 aromatic rings. The topological polar surface area (TPSA) is 20.2 Å². The summed E-state index contributed by atoms with van der Waals surface area (Å²) in [5.41, 5.74) is 2.91. The molecular weight excluding hydrogens is 275 g/mol. The van der Waals surface area contributed by atoms with Crippen molar-refractivity contribution < 1.29 is 9.50 Å². The monoisotopic (exact) mass is 292 g/mol. The van der Waals surface area contributed by atoms with Crippen molar-refractivity contribution in [1.29, 1.82) is 0 Å². The first-order valence-corrected chi connectivity index (χ1v) is 7.06. The number of hydrogen-bond donors (Lipinski definition) is 1. The zero-order chi connectivity index (χ0) is 14.5. The van der Waals surface area contributed by atoms with Crippen LogP contribution in [-0.4, -0.2) is 11.7 Å². The molecule has 20 heavy (non-hydrogen) atoms. The molecule has 0 heterocycles. The zero-order valence-corrected chi connectivity index (χ0v) is 12.2. The molecule has 0 aliphatic carbocycles. The van der Waals surface area contributed by atoms with E-state index in [9.17, 15) is 9.50 Å². The average molecular weight is 293 g/mol. The lowest BCUT2D eigenvalue weighted by molar-refractivity contribution is 0.224. The van der Waals surface area contributed by atoms with Gasteiger partial charge >= 0.3 is 0 Å². The van der Waals surface area contributed by atoms with Gasteiger partial charge in [0.2, 0.25) is 0 Å². The van der Waals surface area contributed by atoms with Crippen LogP contribution in [0.15, 0.2) is 42.5 Å². The lowest BCUT2D eigenvalue weighted by atomic mass is 9.93. The Morgan fingerprint density at radius 1 is 1.10 bits per heavy atom. The highest BCUT2D eigenvalue weighted by Crippen LogP contribution is 2.20. The Morgan fingerprint density at radius 2 is 1.80 bits per heavy atom. The fourth-order valence-electron chi connectivity index (χ4n) is 2.27. The van der Waals surface area contributed by atoms with Gasteiger partial charge in [-0.2, -0.15) is 0 Å². The highest BCUT2D eigenvalue weighted by molar-refractivity contribution is 6.30. The maximum Gasteiger partial charge on any atom is 0.126 e. The van der Waals surface area contributed by atoms with Gasteiger partial charge in [0.25, 0.3) is 0 Å². The van der Waals surface area contributed by atoms with E-state index < -0.39 is 0 Å². The summed E-state index contributed by atoms with van der Waals surface area (Å²) in [6.45, 7) is 2.06. The van der Waals surface area contributed by atoms with Gasteiger partial charge < -0.3 is 5.11 Å². The summed E-state index contributed by atoms with van der Waals surface area (Å²) in [4.78, 5) is 0. The lowest BCUT2D eigenvalue weighted by Crippen LogP contribution is -2.14. The number of aliphatic hydroxyl groups excluding tert-OH is 1. The Morgan fingerprint density at radius 3 is 2.45 bits per heavy atom. The van der Waals surface area contributed by atoms with Gasteiger partial charge in [0.1, 0.15) is 5.82 Å². The molecule has 0 spiro atoms. The third kappa shape index (κ3) is 4.06. The predicted molar refractivity (Wildman–Crippen MR) is 80.6 cm³/mol. The van der Waals surface area contributed by atoms with Crippen LogP contribution >= 0.6 is 11.6 Å². The van der Waals surface area contributed by atoms with E-state index in [1.54, 1.807) is 6.07 Å². The minimum atomic E-state index is -0.267. The molecule has 0 aliphatic heterocycles. The summed E-state index contributed by atoms with van der Waals surface area (Å²) in [6, 6.07) is 12.7. The molecule has 1 nitrogen and oxygen atoms in total. The molecule has 0 amide bonds. The highest BCUT2D eigenvalue weighted by Gasteiger charge is 2.13. The molecule has 0 aromatic heterocycles. The van der Waals surface area contributed by atoms with E-state index in [0.29, 0.717) is 17.0 Å². The summed E-state index contributed by atoms with van der Waals surface area (Å²) in [5, 5.41) is 10.0. The first-order valence-electron chi connectivity index (χ1n) is 6.69. The molecular formula is C17H18ClFO. The van der Waals surface area contributed by atoms with Crippen LogP contribution in [-0.2, 0) is 12.8 Å². The van der Waals surface area contributed by atoms with Crippen LogP contribution in [0.5, 0.6) is 0 Å². The summed E-state index contributed by atoms with van der Waals surface area (Å²) in [6.07, 6.45) is 1.21. The SMILES string of the molecule is Cc1ccc(CC(CO)Cc2cc(Cl)ccc2F)cc1. The summed E-state index contributed by atoms with van der Waals surface area (Å²) >= 11 is 5.89. The predicted octanol–water partition coefficient (Wildman–Crippen LogP) is 4.18. The van der Waals surface area contributed by atoms with Crippen molar-refractivity contribution in [3.63, 3.8) is 0 Å². The van der Waals surface area contributed by atoms with Crippen molar-refractivity contribution in [2.24, 2.45) is 5.92 Å². The van der Waals surface area contributed by atoms with E-state index in [1.807, 2.05) is 31.2 Å². The van der Waals surface area contributed by atoms with Gasteiger partial charge in [-0.1, -0.05) is 41.4 Å². The second-order valence-electron chi connectivity index (χ2n) is 5.18. The standard InChI is InChI=1S/C17H18ClFO/c1-12-2-4-13(5-3-12)8-14(11-20)9-15-10-16(18)6-7-17(15)19/h2-7,10,14,20H,8-9,11H2,1H3. The molecule has 0 saturated carbocycles. The molecule has 2 aromatic carbocycles. The Hall–Kier alpha value is -1.38. The Labute approximate surface area is 124 Å². The van der Waals surface area contributed by atoms with E-state index in [1.165, 1.54) is 17.7 Å². The van der Waals surface area contributed by atoms with Gasteiger partial charge in [-0.05, 0) is 55.0 Å². The molecule has 0 aliphatic rings. The third-order valence-corrected chi connectivity index (χ3v) is 3.65. The van der Waals surface area contributed by atoms with E-state index in [4.69, 9.17) is 11.6 Å². The molecule has 0 fully saturated rings. The van der Waals surface area contributed by atoms with Crippen molar-refractivity contribution in [1.82, 2.24) is 0 Å². The Kier molecular flexibility index (Phi) is 5.16. The number of rotatable bonds is 5. The first kappa shape index (κ1) is 15.0. The number of aliphatic hydroxyl groups is 1. The van der Waals surface area contributed by atoms with Crippen molar-refractivity contribution in [2.75, 3.05) is 6.61 Å². The number of hydrogen-bond acceptors (Lipinski definition) is 1. The maximum absolute atomic E-state index is 13.7. The van der Waals surface area contributed by atoms with Crippen molar-refractivity contribution in [3.05, 3.63) is 70.0 Å². The van der Waals surface area contributed by atoms with Crippen LogP contribution < -0.4 is 0 Å². The zero-order valence-electron chi connectivity index (χ0n) is 11.4. The molecule has 0 bridgehead atoms. The normalized spacial score (nSPS) is 12.4. The quantitative estimate of drug-likeness (QED) is 0.876. The summed E-state index contributed by atoms with van der Waals surface area (Å²) in [7, 11) is 0. The van der Waals surface area contributed by atoms with Crippen LogP contribution in [0, 0.1) is 18.7 Å². The van der Waals surface area contributed by atoms with Crippen LogP contribution in [0.2, 0.25) is 5.02 Å². The van der Waals surface area contributed by atoms with E-state index in [0.717, 1.165) is 12.0 Å². The van der Waals surface area contributed by atoms with Gasteiger partial charge in [-0.3, -0.25) is 0 Å². The number of halogens is 2. The molecule has 106 valence electrons. The van der Waals surface area contributed by atoms with E-state index in [2.05, 4.69) is 0 Å². The van der Waals surface area contributed by atoms with Crippen molar-refractivity contribution >= 4 is 11.6 Å². The molecule has 0 radical (unpaired) electrons. The largest absolute Gasteiger partial charge is 0.396 e. The van der Waals surface area contributed by atoms with Crippen LogP contribution in [0.4, 0.5) is 4.39 Å². The molecule has 2 rings (SSSR count). The Bertz CT molecular complexity index is 566. The second-order valence-corrected chi connectivity index (χ2v) is 5.61. The van der Waals surface area contributed by atoms with Crippen molar-refractivity contribution in [3.8, 4) is 0 Å². The highest BCUT2D eigenvalue weighted by atomic mass is 35.5. The van der Waals surface area contributed by atoms with Gasteiger partial charge in [0.15, 0.2) is 0 Å². The maximum atomic E-state index is 13.7. The average Bonchev–Trinajstić information content (AvgIpc) is 2.44. The van der Waals surface area contributed by atoms with Gasteiger partial charge in [0, 0.05) is 11.6 Å². The van der Waals surface area contributed by atoms with Crippen LogP contribution in [0.25, 0.3) is 0 Å². The van der Waals surface area contributed by atoms with Crippen LogP contribution in [0.3, 0.4) is 0 Å². The fraction of sp³-hybridized carbons (Fsp3) is 0.294. The molecule has 1 atom stereocenters. The van der Waals surface area contributed by atoms with Gasteiger partial charge in [-0.25, -0.2) is 4.39 Å². The summed E-state index contributed by atoms with van der Waals surface area (Å²) in [5.74, 6) is -0.276. The van der Waals surface area contributed by atoms with E-state index >= 15 is 0 Å². The first-order chi connectivity index (χ1) is 9.58. The smallest absolute Gasteiger partial charge is 0.126 e. The molecule has 1 N–H and O–H groups in total. The molecule has 0 saturated heterocycles. The van der Waals surface area contributed by atoms with Gasteiger partial charge in [-0.15, -0.1) is 0 Å². The summed E-state index contributed by atoms with van der Waals surface area (Å²) < 4.78 is 13.7. The van der Waals surface area contributed by atoms with Gasteiger partial charge in [0.05, 0.1) is 0 Å². The molecule has 1 unspecified atom stereocenters. The van der Waals surface area contributed by atoms with E-state index in [-0.39, 0.29) is 18.3 Å². The van der Waals surface area contributed by atoms with Crippen LogP contribution in [0.1, 0.15) is 16.7 Å². The lowest BCUT2D eigenvalue weighted by Gasteiger charge is -2.15. The Balaban J connectivity index is 2.08. The minimum Gasteiger partial charge on any atom is -0.396 e.